The van der Waals surface area contributed by atoms with Gasteiger partial charge in [-0.25, -0.2) is 0 Å². The molecule has 1 unspecified atom stereocenters. The lowest BCUT2D eigenvalue weighted by Gasteiger charge is -2.13. The predicted molar refractivity (Wildman–Crippen MR) is 88.8 cm³/mol. The number of guanidine groups is 1. The molecule has 0 saturated heterocycles. The van der Waals surface area contributed by atoms with E-state index >= 15 is 0 Å². The molecule has 0 aliphatic carbocycles. The van der Waals surface area contributed by atoms with Gasteiger partial charge in [-0.3, -0.25) is 4.99 Å². The van der Waals surface area contributed by atoms with Crippen molar-refractivity contribution in [1.29, 1.82) is 0 Å². The standard InChI is InChI=1S/C16H27N3O3/c1-12(11-19-16(17)18-7-8-20-2)9-13-5-6-14(21-3)15(10-13)22-4/h5-6,10,12H,7-9,11H2,1-4H3,(H3,17,18,19). The second-order valence-electron chi connectivity index (χ2n) is 5.14. The third-order valence-corrected chi connectivity index (χ3v) is 3.22. The van der Waals surface area contributed by atoms with Crippen molar-refractivity contribution in [3.8, 4) is 11.5 Å². The molecule has 1 aromatic rings. The fourth-order valence-corrected chi connectivity index (χ4v) is 2.07. The molecule has 0 fully saturated rings. The van der Waals surface area contributed by atoms with Gasteiger partial charge in [0.1, 0.15) is 0 Å². The van der Waals surface area contributed by atoms with Crippen LogP contribution in [0, 0.1) is 5.92 Å². The molecule has 0 saturated carbocycles. The monoisotopic (exact) mass is 309 g/mol. The van der Waals surface area contributed by atoms with Crippen LogP contribution < -0.4 is 20.5 Å². The zero-order valence-corrected chi connectivity index (χ0v) is 13.9. The van der Waals surface area contributed by atoms with Crippen LogP contribution in [-0.4, -0.2) is 47.0 Å². The third kappa shape index (κ3) is 6.22. The van der Waals surface area contributed by atoms with Crippen molar-refractivity contribution in [3.05, 3.63) is 23.8 Å². The van der Waals surface area contributed by atoms with Gasteiger partial charge in [-0.15, -0.1) is 0 Å². The van der Waals surface area contributed by atoms with Gasteiger partial charge in [0, 0.05) is 20.2 Å². The Balaban J connectivity index is 2.51. The van der Waals surface area contributed by atoms with Gasteiger partial charge in [0.05, 0.1) is 20.8 Å². The van der Waals surface area contributed by atoms with E-state index in [1.807, 2.05) is 18.2 Å². The van der Waals surface area contributed by atoms with Crippen LogP contribution in [0.4, 0.5) is 0 Å². The summed E-state index contributed by atoms with van der Waals surface area (Å²) in [6.45, 7) is 4.08. The predicted octanol–water partition coefficient (Wildman–Crippen LogP) is 1.43. The molecule has 6 heteroatoms. The highest BCUT2D eigenvalue weighted by atomic mass is 16.5. The average Bonchev–Trinajstić information content (AvgIpc) is 2.53. The van der Waals surface area contributed by atoms with Gasteiger partial charge in [0.25, 0.3) is 0 Å². The Morgan fingerprint density at radius 3 is 2.59 bits per heavy atom. The molecular weight excluding hydrogens is 282 g/mol. The molecule has 3 N–H and O–H groups in total. The molecule has 0 aliphatic heterocycles. The summed E-state index contributed by atoms with van der Waals surface area (Å²) in [5.41, 5.74) is 6.97. The molecule has 0 bridgehead atoms. The number of nitrogens with one attached hydrogen (secondary N) is 1. The lowest BCUT2D eigenvalue weighted by Crippen LogP contribution is -2.34. The number of nitrogens with two attached hydrogens (primary N) is 1. The van der Waals surface area contributed by atoms with Crippen LogP contribution in [0.5, 0.6) is 11.5 Å². The van der Waals surface area contributed by atoms with Crippen LogP contribution in [-0.2, 0) is 11.2 Å². The largest absolute Gasteiger partial charge is 0.493 e. The maximum Gasteiger partial charge on any atom is 0.188 e. The van der Waals surface area contributed by atoms with Gasteiger partial charge in [-0.1, -0.05) is 13.0 Å². The number of methoxy groups -OCH3 is 3. The summed E-state index contributed by atoms with van der Waals surface area (Å²) in [5.74, 6) is 2.32. The number of aliphatic imine (C=N–C) groups is 1. The summed E-state index contributed by atoms with van der Waals surface area (Å²) < 4.78 is 15.5. The highest BCUT2D eigenvalue weighted by Crippen LogP contribution is 2.28. The van der Waals surface area contributed by atoms with Crippen LogP contribution >= 0.6 is 0 Å². The van der Waals surface area contributed by atoms with E-state index in [0.717, 1.165) is 17.9 Å². The first kappa shape index (κ1) is 18.1. The molecule has 0 spiro atoms. The smallest absolute Gasteiger partial charge is 0.188 e. The Morgan fingerprint density at radius 2 is 1.95 bits per heavy atom. The fourth-order valence-electron chi connectivity index (χ4n) is 2.07. The van der Waals surface area contributed by atoms with Crippen molar-refractivity contribution in [1.82, 2.24) is 5.32 Å². The molecule has 0 radical (unpaired) electrons. The summed E-state index contributed by atoms with van der Waals surface area (Å²) in [4.78, 5) is 4.34. The summed E-state index contributed by atoms with van der Waals surface area (Å²) >= 11 is 0. The molecule has 0 aromatic heterocycles. The van der Waals surface area contributed by atoms with E-state index in [0.29, 0.717) is 31.6 Å². The molecule has 0 aliphatic rings. The van der Waals surface area contributed by atoms with Gasteiger partial charge in [0.15, 0.2) is 17.5 Å². The number of rotatable bonds is 9. The molecule has 1 rings (SSSR count). The lowest BCUT2D eigenvalue weighted by atomic mass is 10.0. The first-order valence-corrected chi connectivity index (χ1v) is 7.34. The minimum Gasteiger partial charge on any atom is -0.493 e. The fraction of sp³-hybridized carbons (Fsp3) is 0.562. The Morgan fingerprint density at radius 1 is 1.23 bits per heavy atom. The Labute approximate surface area is 132 Å². The van der Waals surface area contributed by atoms with E-state index < -0.39 is 0 Å². The zero-order chi connectivity index (χ0) is 16.4. The van der Waals surface area contributed by atoms with Crippen LogP contribution in [0.25, 0.3) is 0 Å². The Hall–Kier alpha value is -1.95. The van der Waals surface area contributed by atoms with Gasteiger partial charge >= 0.3 is 0 Å². The van der Waals surface area contributed by atoms with Crippen molar-refractivity contribution in [2.45, 2.75) is 13.3 Å². The van der Waals surface area contributed by atoms with E-state index in [-0.39, 0.29) is 0 Å². The quantitative estimate of drug-likeness (QED) is 0.410. The summed E-state index contributed by atoms with van der Waals surface area (Å²) in [7, 11) is 4.93. The van der Waals surface area contributed by atoms with E-state index in [1.54, 1.807) is 21.3 Å². The SMILES string of the molecule is COCCNC(N)=NCC(C)Cc1ccc(OC)c(OC)c1. The number of nitrogens with zero attached hydrogens (tertiary/aromatic N) is 1. The van der Waals surface area contributed by atoms with Crippen molar-refractivity contribution in [2.24, 2.45) is 16.6 Å². The van der Waals surface area contributed by atoms with Crippen LogP contribution in [0.3, 0.4) is 0 Å². The summed E-state index contributed by atoms with van der Waals surface area (Å²) in [5, 5.41) is 3.00. The van der Waals surface area contributed by atoms with Gasteiger partial charge in [0.2, 0.25) is 0 Å². The first-order chi connectivity index (χ1) is 10.6. The van der Waals surface area contributed by atoms with Crippen molar-refractivity contribution in [3.63, 3.8) is 0 Å². The highest BCUT2D eigenvalue weighted by molar-refractivity contribution is 5.77. The number of hydrogen-bond acceptors (Lipinski definition) is 4. The van der Waals surface area contributed by atoms with E-state index in [9.17, 15) is 0 Å². The normalized spacial score (nSPS) is 12.8. The molecule has 0 amide bonds. The average molecular weight is 309 g/mol. The Bertz CT molecular complexity index is 478. The molecule has 1 aromatic carbocycles. The molecule has 1 atom stereocenters. The van der Waals surface area contributed by atoms with E-state index in [2.05, 4.69) is 17.2 Å². The maximum atomic E-state index is 5.79. The maximum absolute atomic E-state index is 5.79. The van der Waals surface area contributed by atoms with Crippen LogP contribution in [0.2, 0.25) is 0 Å². The van der Waals surface area contributed by atoms with Crippen LogP contribution in [0.15, 0.2) is 23.2 Å². The molecule has 6 nitrogen and oxygen atoms in total. The number of benzene rings is 1. The molecule has 22 heavy (non-hydrogen) atoms. The van der Waals surface area contributed by atoms with Crippen molar-refractivity contribution >= 4 is 5.96 Å². The summed E-state index contributed by atoms with van der Waals surface area (Å²) in [6, 6.07) is 5.96. The van der Waals surface area contributed by atoms with E-state index in [4.69, 9.17) is 19.9 Å². The lowest BCUT2D eigenvalue weighted by molar-refractivity contribution is 0.204. The number of ether oxygens (including phenoxy) is 3. The molecular formula is C16H27N3O3. The highest BCUT2D eigenvalue weighted by Gasteiger charge is 2.08. The van der Waals surface area contributed by atoms with Gasteiger partial charge in [-0.2, -0.15) is 0 Å². The zero-order valence-electron chi connectivity index (χ0n) is 13.9. The Kier molecular flexibility index (Phi) is 8.14. The minimum atomic E-state index is 0.376. The molecule has 0 heterocycles. The second kappa shape index (κ2) is 9.89. The van der Waals surface area contributed by atoms with Gasteiger partial charge in [-0.05, 0) is 30.0 Å². The number of hydrogen-bond donors (Lipinski definition) is 2. The second-order valence-corrected chi connectivity index (χ2v) is 5.14. The first-order valence-electron chi connectivity index (χ1n) is 7.34. The van der Waals surface area contributed by atoms with Crippen LogP contribution in [0.1, 0.15) is 12.5 Å². The molecule has 124 valence electrons. The van der Waals surface area contributed by atoms with Crippen molar-refractivity contribution < 1.29 is 14.2 Å². The minimum absolute atomic E-state index is 0.376. The van der Waals surface area contributed by atoms with Gasteiger partial charge < -0.3 is 25.3 Å². The summed E-state index contributed by atoms with van der Waals surface area (Å²) in [6.07, 6.45) is 0.898. The van der Waals surface area contributed by atoms with E-state index in [1.165, 1.54) is 5.56 Å². The topological polar surface area (TPSA) is 78.1 Å². The third-order valence-electron chi connectivity index (χ3n) is 3.22. The van der Waals surface area contributed by atoms with Crippen molar-refractivity contribution in [2.75, 3.05) is 41.0 Å².